The molecule has 4 aromatic rings. The maximum absolute atomic E-state index is 14.2. The Hall–Kier alpha value is -4.04. The number of hydrogen-bond donors (Lipinski definition) is 1. The molecule has 0 bridgehead atoms. The van der Waals surface area contributed by atoms with E-state index in [1.54, 1.807) is 18.6 Å². The third-order valence-corrected chi connectivity index (χ3v) is 6.82. The van der Waals surface area contributed by atoms with E-state index in [0.717, 1.165) is 36.8 Å². The molecule has 0 unspecified atom stereocenters. The summed E-state index contributed by atoms with van der Waals surface area (Å²) in [6, 6.07) is 17.7. The van der Waals surface area contributed by atoms with Crippen LogP contribution in [0.1, 0.15) is 46.8 Å². The van der Waals surface area contributed by atoms with Gasteiger partial charge in [-0.2, -0.15) is 0 Å². The van der Waals surface area contributed by atoms with Crippen molar-refractivity contribution in [2.75, 3.05) is 25.6 Å². The molecule has 3 heterocycles. The second-order valence-electron chi connectivity index (χ2n) is 9.34. The number of aryl methyl sites for hydroxylation is 2. The van der Waals surface area contributed by atoms with E-state index >= 15 is 0 Å². The standard InChI is InChI=1S/C29H31N5O3/c1-37-19-27(35)32-23-16-24(29(36)34-14-6-5-11-26(34)22-10-7-13-30-18-22)28-25(17-23)31-20-33(28)15-12-21-8-3-2-4-9-21/h2-4,7-10,13,16-18,20,26H,5-6,11-12,14-15,19H2,1H3,(H,32,35)/t26-/m1/s1. The van der Waals surface area contributed by atoms with Crippen molar-refractivity contribution in [3.05, 3.63) is 90.0 Å². The largest absolute Gasteiger partial charge is 0.375 e. The fraction of sp³-hybridized carbons (Fsp3) is 0.310. The summed E-state index contributed by atoms with van der Waals surface area (Å²) in [5.41, 5.74) is 4.76. The first kappa shape index (κ1) is 24.6. The van der Waals surface area contributed by atoms with Crippen molar-refractivity contribution in [2.45, 2.75) is 38.3 Å². The quantitative estimate of drug-likeness (QED) is 0.384. The first-order chi connectivity index (χ1) is 18.1. The maximum atomic E-state index is 14.2. The predicted molar refractivity (Wildman–Crippen MR) is 142 cm³/mol. The molecule has 0 aliphatic carbocycles. The van der Waals surface area contributed by atoms with Gasteiger partial charge in [-0.1, -0.05) is 36.4 Å². The smallest absolute Gasteiger partial charge is 0.256 e. The zero-order chi connectivity index (χ0) is 25.6. The van der Waals surface area contributed by atoms with E-state index in [4.69, 9.17) is 4.74 Å². The maximum Gasteiger partial charge on any atom is 0.256 e. The van der Waals surface area contributed by atoms with Gasteiger partial charge in [0.1, 0.15) is 6.61 Å². The lowest BCUT2D eigenvalue weighted by atomic mass is 9.95. The van der Waals surface area contributed by atoms with Crippen molar-refractivity contribution in [1.29, 1.82) is 0 Å². The topological polar surface area (TPSA) is 89.3 Å². The molecule has 8 nitrogen and oxygen atoms in total. The van der Waals surface area contributed by atoms with Gasteiger partial charge in [0.05, 0.1) is 29.0 Å². The number of imidazole rings is 1. The van der Waals surface area contributed by atoms with Crippen molar-refractivity contribution in [1.82, 2.24) is 19.4 Å². The molecular weight excluding hydrogens is 466 g/mol. The Labute approximate surface area is 216 Å². The summed E-state index contributed by atoms with van der Waals surface area (Å²) in [5, 5.41) is 2.85. The Bertz CT molecular complexity index is 1370. The van der Waals surface area contributed by atoms with Gasteiger partial charge >= 0.3 is 0 Å². The van der Waals surface area contributed by atoms with Crippen LogP contribution < -0.4 is 5.32 Å². The summed E-state index contributed by atoms with van der Waals surface area (Å²) in [6.45, 7) is 1.28. The minimum atomic E-state index is -0.282. The minimum absolute atomic E-state index is 0.0440. The van der Waals surface area contributed by atoms with Gasteiger partial charge in [0.25, 0.3) is 5.91 Å². The highest BCUT2D eigenvalue weighted by Gasteiger charge is 2.31. The number of amides is 2. The summed E-state index contributed by atoms with van der Waals surface area (Å²) >= 11 is 0. The molecule has 1 aliphatic rings. The number of methoxy groups -OCH3 is 1. The highest BCUT2D eigenvalue weighted by atomic mass is 16.5. The highest BCUT2D eigenvalue weighted by molar-refractivity contribution is 6.07. The van der Waals surface area contributed by atoms with Crippen molar-refractivity contribution in [3.63, 3.8) is 0 Å². The molecule has 2 aromatic heterocycles. The Balaban J connectivity index is 1.53. The second-order valence-corrected chi connectivity index (χ2v) is 9.34. The average molecular weight is 498 g/mol. The van der Waals surface area contributed by atoms with Crippen LogP contribution in [0.2, 0.25) is 0 Å². The number of likely N-dealkylation sites (tertiary alicyclic amines) is 1. The summed E-state index contributed by atoms with van der Waals surface area (Å²) in [5.74, 6) is -0.349. The predicted octanol–water partition coefficient (Wildman–Crippen LogP) is 4.63. The van der Waals surface area contributed by atoms with E-state index in [-0.39, 0.29) is 24.5 Å². The summed E-state index contributed by atoms with van der Waals surface area (Å²) in [6.07, 6.45) is 9.08. The summed E-state index contributed by atoms with van der Waals surface area (Å²) < 4.78 is 7.01. The Morgan fingerprint density at radius 3 is 2.76 bits per heavy atom. The number of rotatable bonds is 8. The zero-order valence-electron chi connectivity index (χ0n) is 21.0. The van der Waals surface area contributed by atoms with E-state index in [9.17, 15) is 9.59 Å². The number of fused-ring (bicyclic) bond motifs is 1. The summed E-state index contributed by atoms with van der Waals surface area (Å²) in [4.78, 5) is 37.3. The monoisotopic (exact) mass is 497 g/mol. The molecule has 37 heavy (non-hydrogen) atoms. The third-order valence-electron chi connectivity index (χ3n) is 6.82. The molecule has 190 valence electrons. The fourth-order valence-corrected chi connectivity index (χ4v) is 5.09. The molecule has 2 aromatic carbocycles. The number of pyridine rings is 1. The van der Waals surface area contributed by atoms with Gasteiger partial charge in [0.2, 0.25) is 5.91 Å². The lowest BCUT2D eigenvalue weighted by molar-refractivity contribution is -0.119. The molecular formula is C29H31N5O3. The van der Waals surface area contributed by atoms with E-state index in [0.29, 0.717) is 29.9 Å². The number of piperidine rings is 1. The van der Waals surface area contributed by atoms with Gasteiger partial charge in [-0.15, -0.1) is 0 Å². The van der Waals surface area contributed by atoms with Crippen LogP contribution in [0.3, 0.4) is 0 Å². The number of carbonyl (C=O) groups excluding carboxylic acids is 2. The van der Waals surface area contributed by atoms with Crippen LogP contribution in [0.15, 0.2) is 73.3 Å². The zero-order valence-corrected chi connectivity index (χ0v) is 21.0. The number of carbonyl (C=O) groups is 2. The molecule has 0 radical (unpaired) electrons. The van der Waals surface area contributed by atoms with Crippen LogP contribution in [-0.2, 0) is 22.5 Å². The van der Waals surface area contributed by atoms with Gasteiger partial charge in [-0.05, 0) is 55.0 Å². The highest BCUT2D eigenvalue weighted by Crippen LogP contribution is 2.34. The molecule has 5 rings (SSSR count). The molecule has 0 saturated carbocycles. The van der Waals surface area contributed by atoms with E-state index in [2.05, 4.69) is 27.4 Å². The molecule has 1 N–H and O–H groups in total. The van der Waals surface area contributed by atoms with Crippen LogP contribution >= 0.6 is 0 Å². The van der Waals surface area contributed by atoms with Crippen LogP contribution in [-0.4, -0.2) is 51.5 Å². The first-order valence-electron chi connectivity index (χ1n) is 12.7. The molecule has 2 amide bonds. The number of nitrogens with zero attached hydrogens (tertiary/aromatic N) is 4. The van der Waals surface area contributed by atoms with Gasteiger partial charge in [0.15, 0.2) is 0 Å². The van der Waals surface area contributed by atoms with Crippen LogP contribution in [0.25, 0.3) is 11.0 Å². The van der Waals surface area contributed by atoms with Crippen LogP contribution in [0.4, 0.5) is 5.69 Å². The Morgan fingerprint density at radius 1 is 1.11 bits per heavy atom. The van der Waals surface area contributed by atoms with Crippen molar-refractivity contribution in [3.8, 4) is 0 Å². The van der Waals surface area contributed by atoms with E-state index in [1.165, 1.54) is 12.7 Å². The van der Waals surface area contributed by atoms with Gasteiger partial charge in [0, 0.05) is 38.3 Å². The van der Waals surface area contributed by atoms with Crippen LogP contribution in [0.5, 0.6) is 0 Å². The average Bonchev–Trinajstić information content (AvgIpc) is 3.35. The lowest BCUT2D eigenvalue weighted by Crippen LogP contribution is -2.38. The SMILES string of the molecule is COCC(=O)Nc1cc(C(=O)N2CCCC[C@@H]2c2cccnc2)c2c(c1)ncn2CCc1ccccc1. The number of nitrogens with one attached hydrogen (secondary N) is 1. The van der Waals surface area contributed by atoms with Crippen LogP contribution in [0, 0.1) is 0 Å². The van der Waals surface area contributed by atoms with Crippen molar-refractivity contribution in [2.24, 2.45) is 0 Å². The number of benzene rings is 2. The number of ether oxygens (including phenoxy) is 1. The van der Waals surface area contributed by atoms with Gasteiger partial charge < -0.3 is 19.5 Å². The number of hydrogen-bond acceptors (Lipinski definition) is 5. The minimum Gasteiger partial charge on any atom is -0.375 e. The third kappa shape index (κ3) is 5.54. The van der Waals surface area contributed by atoms with E-state index in [1.807, 2.05) is 52.1 Å². The molecule has 8 heteroatoms. The molecule has 1 saturated heterocycles. The molecule has 0 spiro atoms. The van der Waals surface area contributed by atoms with E-state index < -0.39 is 0 Å². The molecule has 1 aliphatic heterocycles. The lowest BCUT2D eigenvalue weighted by Gasteiger charge is -2.36. The number of aromatic nitrogens is 3. The Kier molecular flexibility index (Phi) is 7.56. The molecule has 1 fully saturated rings. The fourth-order valence-electron chi connectivity index (χ4n) is 5.09. The van der Waals surface area contributed by atoms with Gasteiger partial charge in [-0.3, -0.25) is 14.6 Å². The van der Waals surface area contributed by atoms with Crippen molar-refractivity contribution < 1.29 is 14.3 Å². The normalized spacial score (nSPS) is 15.6. The number of anilines is 1. The summed E-state index contributed by atoms with van der Waals surface area (Å²) in [7, 11) is 1.47. The van der Waals surface area contributed by atoms with Gasteiger partial charge in [-0.25, -0.2) is 4.98 Å². The van der Waals surface area contributed by atoms with Crippen molar-refractivity contribution >= 4 is 28.5 Å². The first-order valence-corrected chi connectivity index (χ1v) is 12.7. The Morgan fingerprint density at radius 2 is 1.97 bits per heavy atom. The molecule has 1 atom stereocenters. The second kappa shape index (κ2) is 11.3.